The van der Waals surface area contributed by atoms with E-state index in [0.717, 1.165) is 0 Å². The molecular weight excluding hydrogens is 298 g/mol. The lowest BCUT2D eigenvalue weighted by molar-refractivity contribution is -0.115. The van der Waals surface area contributed by atoms with Gasteiger partial charge in [0.05, 0.1) is 12.1 Å². The molecule has 4 N–H and O–H groups in total. The Labute approximate surface area is 133 Å². The van der Waals surface area contributed by atoms with Gasteiger partial charge in [0.15, 0.2) is 0 Å². The van der Waals surface area contributed by atoms with Crippen molar-refractivity contribution in [2.24, 2.45) is 5.92 Å². The van der Waals surface area contributed by atoms with E-state index in [1.54, 1.807) is 18.2 Å². The number of anilines is 2. The number of nitrogens with one attached hydrogen (secondary N) is 2. The molecule has 0 saturated heterocycles. The minimum absolute atomic E-state index is 0.185. The predicted octanol–water partition coefficient (Wildman–Crippen LogP) is 1.53. The van der Waals surface area contributed by atoms with E-state index in [4.69, 9.17) is 10.5 Å². The number of aromatic nitrogens is 2. The first-order valence-electron chi connectivity index (χ1n) is 7.16. The third-order valence-corrected chi connectivity index (χ3v) is 2.89. The van der Waals surface area contributed by atoms with Crippen LogP contribution in [-0.4, -0.2) is 35.1 Å². The van der Waals surface area contributed by atoms with Crippen LogP contribution in [0.15, 0.2) is 24.5 Å². The number of hydrogen-bond acceptors (Lipinski definition) is 6. The molecule has 2 aromatic rings. The van der Waals surface area contributed by atoms with E-state index in [1.807, 2.05) is 13.8 Å². The molecule has 0 unspecified atom stereocenters. The number of nitrogens with two attached hydrogens (primary N) is 1. The third-order valence-electron chi connectivity index (χ3n) is 2.89. The second kappa shape index (κ2) is 7.39. The molecule has 0 aliphatic carbocycles. The standard InChI is InChI=1S/C15H19N5O3/c1-9(2)7-23-15(22)17-6-13(21)20-10-3-4-12-11(5-10)14(16)19-8-18-12/h3-5,8-9H,6-7H2,1-2H3,(H,17,22)(H,20,21)(H2,16,18,19). The Morgan fingerprint density at radius 2 is 2.09 bits per heavy atom. The summed E-state index contributed by atoms with van der Waals surface area (Å²) in [7, 11) is 0. The van der Waals surface area contributed by atoms with Crippen molar-refractivity contribution in [1.82, 2.24) is 15.3 Å². The van der Waals surface area contributed by atoms with Crippen LogP contribution in [-0.2, 0) is 9.53 Å². The lowest BCUT2D eigenvalue weighted by atomic mass is 10.2. The summed E-state index contributed by atoms with van der Waals surface area (Å²) < 4.78 is 4.91. The molecular formula is C15H19N5O3. The van der Waals surface area contributed by atoms with Crippen molar-refractivity contribution in [3.8, 4) is 0 Å². The van der Waals surface area contributed by atoms with Crippen molar-refractivity contribution in [2.75, 3.05) is 24.2 Å². The van der Waals surface area contributed by atoms with Gasteiger partial charge < -0.3 is 21.1 Å². The highest BCUT2D eigenvalue weighted by molar-refractivity contribution is 5.97. The normalized spacial score (nSPS) is 10.6. The lowest BCUT2D eigenvalue weighted by Crippen LogP contribution is -2.33. The van der Waals surface area contributed by atoms with Crippen molar-refractivity contribution < 1.29 is 14.3 Å². The average Bonchev–Trinajstić information content (AvgIpc) is 2.52. The molecule has 1 aromatic carbocycles. The zero-order chi connectivity index (χ0) is 16.8. The Morgan fingerprint density at radius 3 is 2.83 bits per heavy atom. The Balaban J connectivity index is 1.90. The molecule has 8 nitrogen and oxygen atoms in total. The van der Waals surface area contributed by atoms with Gasteiger partial charge in [0, 0.05) is 11.1 Å². The first-order valence-corrected chi connectivity index (χ1v) is 7.16. The predicted molar refractivity (Wildman–Crippen MR) is 86.8 cm³/mol. The first-order chi connectivity index (χ1) is 11.0. The van der Waals surface area contributed by atoms with Crippen molar-refractivity contribution >= 4 is 34.4 Å². The number of carbonyl (C=O) groups is 2. The molecule has 1 heterocycles. The molecule has 2 rings (SSSR count). The second-order valence-corrected chi connectivity index (χ2v) is 5.38. The van der Waals surface area contributed by atoms with Gasteiger partial charge in [-0.2, -0.15) is 0 Å². The largest absolute Gasteiger partial charge is 0.449 e. The smallest absolute Gasteiger partial charge is 0.407 e. The third kappa shape index (κ3) is 4.80. The quantitative estimate of drug-likeness (QED) is 0.769. The maximum Gasteiger partial charge on any atom is 0.407 e. The van der Waals surface area contributed by atoms with Gasteiger partial charge in [0.1, 0.15) is 18.7 Å². The number of benzene rings is 1. The van der Waals surface area contributed by atoms with Crippen molar-refractivity contribution in [3.05, 3.63) is 24.5 Å². The summed E-state index contributed by atoms with van der Waals surface area (Å²) >= 11 is 0. The highest BCUT2D eigenvalue weighted by atomic mass is 16.5. The van der Waals surface area contributed by atoms with E-state index in [-0.39, 0.29) is 18.4 Å². The Morgan fingerprint density at radius 1 is 1.30 bits per heavy atom. The molecule has 8 heteroatoms. The van der Waals surface area contributed by atoms with Crippen molar-refractivity contribution in [3.63, 3.8) is 0 Å². The molecule has 0 aliphatic heterocycles. The number of ether oxygens (including phenoxy) is 1. The Hall–Kier alpha value is -2.90. The van der Waals surface area contributed by atoms with Gasteiger partial charge in [-0.1, -0.05) is 13.8 Å². The number of fused-ring (bicyclic) bond motifs is 1. The van der Waals surface area contributed by atoms with E-state index < -0.39 is 6.09 Å². The van der Waals surface area contributed by atoms with Crippen molar-refractivity contribution in [1.29, 1.82) is 0 Å². The van der Waals surface area contributed by atoms with Crippen LogP contribution < -0.4 is 16.4 Å². The molecule has 1 aromatic heterocycles. The number of nitrogen functional groups attached to an aromatic ring is 1. The molecule has 122 valence electrons. The van der Waals surface area contributed by atoms with E-state index >= 15 is 0 Å². The van der Waals surface area contributed by atoms with Crippen LogP contribution in [0.4, 0.5) is 16.3 Å². The Bertz CT molecular complexity index is 717. The summed E-state index contributed by atoms with van der Waals surface area (Å²) in [5.41, 5.74) is 7.00. The van der Waals surface area contributed by atoms with E-state index in [9.17, 15) is 9.59 Å². The molecule has 0 spiro atoms. The average molecular weight is 317 g/mol. The Kier molecular flexibility index (Phi) is 5.29. The summed E-state index contributed by atoms with van der Waals surface area (Å²) in [6.07, 6.45) is 0.757. The van der Waals surface area contributed by atoms with Crippen LogP contribution in [0.3, 0.4) is 0 Å². The number of hydrogen-bond donors (Lipinski definition) is 3. The van der Waals surface area contributed by atoms with E-state index in [1.165, 1.54) is 6.33 Å². The van der Waals surface area contributed by atoms with Crippen molar-refractivity contribution in [2.45, 2.75) is 13.8 Å². The van der Waals surface area contributed by atoms with Gasteiger partial charge in [0.2, 0.25) is 5.91 Å². The number of nitrogens with zero attached hydrogens (tertiary/aromatic N) is 2. The van der Waals surface area contributed by atoms with Gasteiger partial charge in [-0.05, 0) is 24.1 Å². The molecule has 23 heavy (non-hydrogen) atoms. The highest BCUT2D eigenvalue weighted by Gasteiger charge is 2.08. The van der Waals surface area contributed by atoms with Gasteiger partial charge in [-0.3, -0.25) is 4.79 Å². The first kappa shape index (κ1) is 16.5. The number of amides is 2. The molecule has 0 bridgehead atoms. The van der Waals surface area contributed by atoms with Gasteiger partial charge in [0.25, 0.3) is 0 Å². The monoisotopic (exact) mass is 317 g/mol. The fourth-order valence-corrected chi connectivity index (χ4v) is 1.81. The summed E-state index contributed by atoms with van der Waals surface area (Å²) in [6, 6.07) is 5.11. The van der Waals surface area contributed by atoms with Crippen LogP contribution >= 0.6 is 0 Å². The summed E-state index contributed by atoms with van der Waals surface area (Å²) in [4.78, 5) is 31.2. The molecule has 0 radical (unpaired) electrons. The lowest BCUT2D eigenvalue weighted by Gasteiger charge is -2.09. The summed E-state index contributed by atoms with van der Waals surface area (Å²) in [5.74, 6) is 0.197. The fraction of sp³-hybridized carbons (Fsp3) is 0.333. The van der Waals surface area contributed by atoms with Crippen LogP contribution in [0, 0.1) is 5.92 Å². The molecule has 2 amide bonds. The van der Waals surface area contributed by atoms with Crippen LogP contribution in [0.25, 0.3) is 10.9 Å². The summed E-state index contributed by atoms with van der Waals surface area (Å²) in [5, 5.41) is 5.69. The van der Waals surface area contributed by atoms with Gasteiger partial charge in [-0.15, -0.1) is 0 Å². The number of carbonyl (C=O) groups excluding carboxylic acids is 2. The zero-order valence-corrected chi connectivity index (χ0v) is 13.0. The molecule has 0 aliphatic rings. The van der Waals surface area contributed by atoms with Crippen LogP contribution in [0.5, 0.6) is 0 Å². The van der Waals surface area contributed by atoms with E-state index in [2.05, 4.69) is 20.6 Å². The minimum atomic E-state index is -0.620. The molecule has 0 saturated carbocycles. The van der Waals surface area contributed by atoms with Crippen LogP contribution in [0.2, 0.25) is 0 Å². The maximum atomic E-state index is 11.8. The fourth-order valence-electron chi connectivity index (χ4n) is 1.81. The topological polar surface area (TPSA) is 119 Å². The zero-order valence-electron chi connectivity index (χ0n) is 13.0. The maximum absolute atomic E-state index is 11.8. The summed E-state index contributed by atoms with van der Waals surface area (Å²) in [6.45, 7) is 3.97. The van der Waals surface area contributed by atoms with Crippen LogP contribution in [0.1, 0.15) is 13.8 Å². The number of rotatable bonds is 5. The second-order valence-electron chi connectivity index (χ2n) is 5.38. The highest BCUT2D eigenvalue weighted by Crippen LogP contribution is 2.20. The SMILES string of the molecule is CC(C)COC(=O)NCC(=O)Nc1ccc2ncnc(N)c2c1. The molecule has 0 atom stereocenters. The molecule has 0 fully saturated rings. The van der Waals surface area contributed by atoms with Gasteiger partial charge >= 0.3 is 6.09 Å². The minimum Gasteiger partial charge on any atom is -0.449 e. The van der Waals surface area contributed by atoms with E-state index in [0.29, 0.717) is 29.0 Å². The number of alkyl carbamates (subject to hydrolysis) is 1. The van der Waals surface area contributed by atoms with Gasteiger partial charge in [-0.25, -0.2) is 14.8 Å².